The van der Waals surface area contributed by atoms with Gasteiger partial charge in [0.2, 0.25) is 5.91 Å². The molecule has 0 spiro atoms. The number of carboxylic acid groups (broad SMARTS) is 1. The molecule has 0 aromatic heterocycles. The molecular formula is C17H28N4O4S. The fourth-order valence-electron chi connectivity index (χ4n) is 4.40. The van der Waals surface area contributed by atoms with Crippen LogP contribution in [0.3, 0.4) is 0 Å². The molecule has 7 N–H and O–H groups in total. The third-order valence-electron chi connectivity index (χ3n) is 5.75. The first kappa shape index (κ1) is 19.6. The Bertz CT molecular complexity index is 626. The first-order valence-electron chi connectivity index (χ1n) is 9.12. The van der Waals surface area contributed by atoms with Crippen molar-refractivity contribution in [2.45, 2.75) is 56.2 Å². The standard InChI is InChI=1S/C17H28N4O4S/c1-7-13-12(8(2)22)16(23)21(13)14(17(24)25)15(7)26-9-5-11(20-6-9)10(19)3-4-18/h7-13,20,22H,3-6,18-19H2,1-2H3,(H,24,25)/t7-,8-,9+,10?,11+,12-,13-/m1/s1. The van der Waals surface area contributed by atoms with E-state index in [0.29, 0.717) is 6.54 Å². The van der Waals surface area contributed by atoms with Crippen molar-refractivity contribution in [1.82, 2.24) is 10.2 Å². The predicted octanol–water partition coefficient (Wildman–Crippen LogP) is -0.720. The van der Waals surface area contributed by atoms with E-state index >= 15 is 0 Å². The molecule has 3 aliphatic rings. The number of fused-ring (bicyclic) bond motifs is 1. The predicted molar refractivity (Wildman–Crippen MR) is 99.1 cm³/mol. The van der Waals surface area contributed by atoms with E-state index in [-0.39, 0.29) is 40.9 Å². The number of amides is 1. The molecule has 3 rings (SSSR count). The van der Waals surface area contributed by atoms with Crippen molar-refractivity contribution in [2.24, 2.45) is 23.3 Å². The maximum Gasteiger partial charge on any atom is 0.353 e. The lowest BCUT2D eigenvalue weighted by Crippen LogP contribution is -2.63. The Morgan fingerprint density at radius 2 is 2.19 bits per heavy atom. The summed E-state index contributed by atoms with van der Waals surface area (Å²) in [6.07, 6.45) is 0.805. The Kier molecular flexibility index (Phi) is 5.64. The molecule has 146 valence electrons. The van der Waals surface area contributed by atoms with E-state index in [1.54, 1.807) is 6.92 Å². The molecule has 7 atom stereocenters. The highest BCUT2D eigenvalue weighted by Gasteiger charge is 2.60. The van der Waals surface area contributed by atoms with E-state index in [1.807, 2.05) is 6.92 Å². The average molecular weight is 385 g/mol. The summed E-state index contributed by atoms with van der Waals surface area (Å²) in [4.78, 5) is 26.3. The van der Waals surface area contributed by atoms with Gasteiger partial charge in [-0.25, -0.2) is 4.79 Å². The number of β-lactam (4-membered cyclic amide) rings is 1. The quantitative estimate of drug-likeness (QED) is 0.362. The zero-order valence-electron chi connectivity index (χ0n) is 15.1. The highest BCUT2D eigenvalue weighted by Crippen LogP contribution is 2.51. The van der Waals surface area contributed by atoms with E-state index in [9.17, 15) is 19.8 Å². The lowest BCUT2D eigenvalue weighted by Gasteiger charge is -2.46. The smallest absolute Gasteiger partial charge is 0.353 e. The molecule has 3 aliphatic heterocycles. The normalized spacial score (nSPS) is 36.1. The van der Waals surface area contributed by atoms with Gasteiger partial charge >= 0.3 is 5.97 Å². The monoisotopic (exact) mass is 384 g/mol. The van der Waals surface area contributed by atoms with Crippen molar-refractivity contribution in [2.75, 3.05) is 13.1 Å². The maximum absolute atomic E-state index is 12.4. The molecule has 1 amide bonds. The molecule has 9 heteroatoms. The molecule has 0 aliphatic carbocycles. The Morgan fingerprint density at radius 1 is 1.50 bits per heavy atom. The van der Waals surface area contributed by atoms with Gasteiger partial charge in [0.1, 0.15) is 5.70 Å². The van der Waals surface area contributed by atoms with Crippen molar-refractivity contribution in [3.63, 3.8) is 0 Å². The van der Waals surface area contributed by atoms with E-state index < -0.39 is 18.0 Å². The van der Waals surface area contributed by atoms with Gasteiger partial charge in [-0.3, -0.25) is 4.79 Å². The van der Waals surface area contributed by atoms with E-state index in [0.717, 1.165) is 24.3 Å². The minimum Gasteiger partial charge on any atom is -0.477 e. The first-order chi connectivity index (χ1) is 12.3. The summed E-state index contributed by atoms with van der Waals surface area (Å²) < 4.78 is 0. The van der Waals surface area contributed by atoms with Crippen LogP contribution in [0.15, 0.2) is 10.6 Å². The number of thioether (sulfide) groups is 1. The minimum atomic E-state index is -1.08. The van der Waals surface area contributed by atoms with Crippen LogP contribution in [0.4, 0.5) is 0 Å². The Balaban J connectivity index is 1.75. The number of nitrogens with zero attached hydrogens (tertiary/aromatic N) is 1. The number of hydrogen-bond donors (Lipinski definition) is 5. The van der Waals surface area contributed by atoms with Crippen LogP contribution in [0.5, 0.6) is 0 Å². The summed E-state index contributed by atoms with van der Waals surface area (Å²) in [5, 5.41) is 23.2. The second kappa shape index (κ2) is 7.47. The topological polar surface area (TPSA) is 142 Å². The molecule has 2 saturated heterocycles. The second-order valence-corrected chi connectivity index (χ2v) is 8.85. The van der Waals surface area contributed by atoms with Crippen LogP contribution < -0.4 is 16.8 Å². The fourth-order valence-corrected chi connectivity index (χ4v) is 5.89. The third kappa shape index (κ3) is 3.16. The summed E-state index contributed by atoms with van der Waals surface area (Å²) in [7, 11) is 0. The molecule has 0 saturated carbocycles. The van der Waals surface area contributed by atoms with Crippen LogP contribution in [-0.4, -0.2) is 69.6 Å². The number of nitrogens with two attached hydrogens (primary N) is 2. The second-order valence-electron chi connectivity index (χ2n) is 7.50. The molecule has 0 bridgehead atoms. The largest absolute Gasteiger partial charge is 0.477 e. The van der Waals surface area contributed by atoms with Crippen molar-refractivity contribution in [3.05, 3.63) is 10.6 Å². The van der Waals surface area contributed by atoms with Crippen LogP contribution in [0, 0.1) is 11.8 Å². The van der Waals surface area contributed by atoms with E-state index in [1.165, 1.54) is 16.7 Å². The van der Waals surface area contributed by atoms with Gasteiger partial charge in [-0.15, -0.1) is 11.8 Å². The third-order valence-corrected chi connectivity index (χ3v) is 7.26. The molecular weight excluding hydrogens is 356 g/mol. The van der Waals surface area contributed by atoms with Gasteiger partial charge < -0.3 is 31.9 Å². The average Bonchev–Trinajstić information content (AvgIpc) is 3.11. The molecule has 8 nitrogen and oxygen atoms in total. The van der Waals surface area contributed by atoms with Gasteiger partial charge in [0, 0.05) is 34.7 Å². The van der Waals surface area contributed by atoms with Gasteiger partial charge in [0.05, 0.1) is 18.1 Å². The number of aliphatic hydroxyl groups excluding tert-OH is 1. The van der Waals surface area contributed by atoms with Gasteiger partial charge in [-0.1, -0.05) is 6.92 Å². The van der Waals surface area contributed by atoms with Crippen LogP contribution in [0.1, 0.15) is 26.7 Å². The summed E-state index contributed by atoms with van der Waals surface area (Å²) in [5.74, 6) is -2.00. The number of aliphatic carboxylic acids is 1. The molecule has 3 heterocycles. The molecule has 0 aromatic carbocycles. The van der Waals surface area contributed by atoms with Gasteiger partial charge in [-0.05, 0) is 26.3 Å². The van der Waals surface area contributed by atoms with Crippen LogP contribution >= 0.6 is 11.8 Å². The molecule has 2 fully saturated rings. The highest BCUT2D eigenvalue weighted by atomic mass is 32.2. The van der Waals surface area contributed by atoms with Crippen molar-refractivity contribution >= 4 is 23.6 Å². The molecule has 26 heavy (non-hydrogen) atoms. The van der Waals surface area contributed by atoms with E-state index in [2.05, 4.69) is 5.32 Å². The summed E-state index contributed by atoms with van der Waals surface area (Å²) in [6, 6.07) is -0.105. The first-order valence-corrected chi connectivity index (χ1v) is 10.00. The van der Waals surface area contributed by atoms with Crippen molar-refractivity contribution in [1.29, 1.82) is 0 Å². The van der Waals surface area contributed by atoms with Gasteiger partial charge in [-0.2, -0.15) is 0 Å². The number of carbonyl (C=O) groups excluding carboxylic acids is 1. The summed E-state index contributed by atoms with van der Waals surface area (Å²) in [5.41, 5.74) is 11.8. The van der Waals surface area contributed by atoms with E-state index in [4.69, 9.17) is 11.5 Å². The highest BCUT2D eigenvalue weighted by molar-refractivity contribution is 8.03. The number of nitrogens with one attached hydrogen (secondary N) is 1. The fraction of sp³-hybridized carbons (Fsp3) is 0.765. The lowest BCUT2D eigenvalue weighted by atomic mass is 9.79. The van der Waals surface area contributed by atoms with Crippen molar-refractivity contribution in [3.8, 4) is 0 Å². The SMILES string of the molecule is C[C@@H](O)[C@H]1C(=O)N2C(C(=O)O)=C(S[C@@H]3CN[C@H](C(N)CCN)C3)[C@H](C)[C@H]12. The van der Waals surface area contributed by atoms with Crippen LogP contribution in [0.25, 0.3) is 0 Å². The number of aliphatic hydroxyl groups is 1. The number of carboxylic acids is 1. The summed E-state index contributed by atoms with van der Waals surface area (Å²) >= 11 is 1.54. The molecule has 0 aromatic rings. The van der Waals surface area contributed by atoms with Crippen LogP contribution in [-0.2, 0) is 9.59 Å². The Hall–Kier alpha value is -1.13. The Morgan fingerprint density at radius 3 is 2.77 bits per heavy atom. The minimum absolute atomic E-state index is 0.0133. The summed E-state index contributed by atoms with van der Waals surface area (Å²) in [6.45, 7) is 4.82. The van der Waals surface area contributed by atoms with Crippen LogP contribution in [0.2, 0.25) is 0 Å². The van der Waals surface area contributed by atoms with Gasteiger partial charge in [0.15, 0.2) is 0 Å². The molecule has 0 radical (unpaired) electrons. The maximum atomic E-state index is 12.4. The lowest BCUT2D eigenvalue weighted by molar-refractivity contribution is -0.163. The Labute approximate surface area is 157 Å². The zero-order chi connectivity index (χ0) is 19.2. The molecule has 1 unspecified atom stereocenters. The zero-order valence-corrected chi connectivity index (χ0v) is 15.9. The number of rotatable bonds is 7. The van der Waals surface area contributed by atoms with Gasteiger partial charge in [0.25, 0.3) is 0 Å². The number of hydrogen-bond acceptors (Lipinski definition) is 7. The van der Waals surface area contributed by atoms with Crippen molar-refractivity contribution < 1.29 is 19.8 Å². The number of carbonyl (C=O) groups is 2.